The molecule has 0 spiro atoms. The highest BCUT2D eigenvalue weighted by Crippen LogP contribution is 2.25. The summed E-state index contributed by atoms with van der Waals surface area (Å²) in [6.45, 7) is 3.86. The Hall–Kier alpha value is -2.44. The lowest BCUT2D eigenvalue weighted by Gasteiger charge is -2.09. The predicted octanol–water partition coefficient (Wildman–Crippen LogP) is 1.27. The number of fused-ring (bicyclic) bond motifs is 1. The highest BCUT2D eigenvalue weighted by atomic mass is 16.5. The van der Waals surface area contributed by atoms with E-state index in [1.54, 1.807) is 21.6 Å². The summed E-state index contributed by atoms with van der Waals surface area (Å²) in [6.07, 6.45) is 4.90. The van der Waals surface area contributed by atoms with E-state index >= 15 is 0 Å². The van der Waals surface area contributed by atoms with E-state index in [0.717, 1.165) is 11.3 Å². The third kappa shape index (κ3) is 1.60. The fourth-order valence-electron chi connectivity index (χ4n) is 1.69. The van der Waals surface area contributed by atoms with Gasteiger partial charge in [0, 0.05) is 18.3 Å². The van der Waals surface area contributed by atoms with Crippen molar-refractivity contribution in [3.05, 3.63) is 30.0 Å². The smallest absolute Gasteiger partial charge is 0.255 e. The quantitative estimate of drug-likeness (QED) is 0.678. The molecule has 0 amide bonds. The fourth-order valence-corrected chi connectivity index (χ4v) is 1.69. The Labute approximate surface area is 103 Å². The van der Waals surface area contributed by atoms with Crippen LogP contribution in [0.5, 0.6) is 11.6 Å². The van der Waals surface area contributed by atoms with E-state index < -0.39 is 0 Å². The van der Waals surface area contributed by atoms with Crippen molar-refractivity contribution in [3.8, 4) is 11.6 Å². The van der Waals surface area contributed by atoms with Crippen molar-refractivity contribution in [1.29, 1.82) is 0 Å². The highest BCUT2D eigenvalue weighted by molar-refractivity contribution is 5.41. The van der Waals surface area contributed by atoms with Crippen molar-refractivity contribution in [2.45, 2.75) is 13.8 Å². The van der Waals surface area contributed by atoms with Gasteiger partial charge in [0.25, 0.3) is 5.78 Å². The van der Waals surface area contributed by atoms with Crippen LogP contribution >= 0.6 is 0 Å². The third-order valence-corrected chi connectivity index (χ3v) is 2.75. The van der Waals surface area contributed by atoms with Crippen LogP contribution in [0.2, 0.25) is 0 Å². The van der Waals surface area contributed by atoms with E-state index in [0.29, 0.717) is 17.4 Å². The molecule has 7 heteroatoms. The maximum Gasteiger partial charge on any atom is 0.255 e. The third-order valence-electron chi connectivity index (χ3n) is 2.75. The van der Waals surface area contributed by atoms with Gasteiger partial charge in [-0.2, -0.15) is 19.7 Å². The molecule has 0 atom stereocenters. The van der Waals surface area contributed by atoms with Gasteiger partial charge < -0.3 is 4.74 Å². The van der Waals surface area contributed by atoms with Gasteiger partial charge in [0.15, 0.2) is 5.75 Å². The molecule has 0 aliphatic heterocycles. The first-order valence-electron chi connectivity index (χ1n) is 5.48. The van der Waals surface area contributed by atoms with Crippen molar-refractivity contribution in [1.82, 2.24) is 29.4 Å². The standard InChI is InChI=1S/C11H12N6O/c1-7-8(2)15-11-12-6-14-17(11)10(7)18-9-4-13-16(3)5-9/h4-6H,1-3H3. The summed E-state index contributed by atoms with van der Waals surface area (Å²) in [5, 5.41) is 8.18. The van der Waals surface area contributed by atoms with Gasteiger partial charge in [0.05, 0.1) is 12.4 Å². The van der Waals surface area contributed by atoms with Gasteiger partial charge >= 0.3 is 0 Å². The number of rotatable bonds is 2. The molecule has 0 N–H and O–H groups in total. The molecule has 3 aromatic heterocycles. The van der Waals surface area contributed by atoms with Crippen LogP contribution in [0.4, 0.5) is 0 Å². The maximum absolute atomic E-state index is 5.82. The number of ether oxygens (including phenoxy) is 1. The van der Waals surface area contributed by atoms with Crippen LogP contribution in [-0.4, -0.2) is 29.4 Å². The van der Waals surface area contributed by atoms with Gasteiger partial charge in [0.1, 0.15) is 6.33 Å². The zero-order valence-corrected chi connectivity index (χ0v) is 10.3. The fraction of sp³-hybridized carbons (Fsp3) is 0.273. The zero-order valence-electron chi connectivity index (χ0n) is 10.3. The number of nitrogens with zero attached hydrogens (tertiary/aromatic N) is 6. The highest BCUT2D eigenvalue weighted by Gasteiger charge is 2.13. The Bertz CT molecular complexity index is 713. The van der Waals surface area contributed by atoms with E-state index in [1.165, 1.54) is 6.33 Å². The largest absolute Gasteiger partial charge is 0.435 e. The Morgan fingerprint density at radius 2 is 2.06 bits per heavy atom. The molecular formula is C11H12N6O. The van der Waals surface area contributed by atoms with E-state index in [4.69, 9.17) is 4.74 Å². The number of hydrogen-bond acceptors (Lipinski definition) is 5. The van der Waals surface area contributed by atoms with Crippen LogP contribution in [0.25, 0.3) is 5.78 Å². The van der Waals surface area contributed by atoms with Crippen LogP contribution in [0.1, 0.15) is 11.3 Å². The molecule has 0 radical (unpaired) electrons. The molecule has 0 saturated heterocycles. The summed E-state index contributed by atoms with van der Waals surface area (Å²) in [4.78, 5) is 8.40. The summed E-state index contributed by atoms with van der Waals surface area (Å²) in [7, 11) is 1.84. The molecule has 0 saturated carbocycles. The normalized spacial score (nSPS) is 11.1. The molecule has 92 valence electrons. The molecule has 0 bridgehead atoms. The Balaban J connectivity index is 2.15. The molecule has 3 heterocycles. The van der Waals surface area contributed by atoms with Crippen molar-refractivity contribution >= 4 is 5.78 Å². The molecule has 0 unspecified atom stereocenters. The average molecular weight is 244 g/mol. The lowest BCUT2D eigenvalue weighted by molar-refractivity contribution is 0.440. The van der Waals surface area contributed by atoms with Crippen molar-refractivity contribution in [2.24, 2.45) is 7.05 Å². The van der Waals surface area contributed by atoms with Gasteiger partial charge in [-0.05, 0) is 13.8 Å². The first-order chi connectivity index (χ1) is 8.65. The minimum atomic E-state index is 0.525. The lowest BCUT2D eigenvalue weighted by Crippen LogP contribution is -2.02. The molecule has 7 nitrogen and oxygen atoms in total. The van der Waals surface area contributed by atoms with Crippen LogP contribution in [-0.2, 0) is 7.05 Å². The SMILES string of the molecule is Cc1nc2ncnn2c(Oc2cnn(C)c2)c1C. The molecular weight excluding hydrogens is 232 g/mol. The summed E-state index contributed by atoms with van der Waals surface area (Å²) in [5.74, 6) is 1.79. The summed E-state index contributed by atoms with van der Waals surface area (Å²) in [6, 6.07) is 0. The first-order valence-corrected chi connectivity index (χ1v) is 5.48. The second-order valence-corrected chi connectivity index (χ2v) is 4.05. The van der Waals surface area contributed by atoms with Crippen molar-refractivity contribution < 1.29 is 4.74 Å². The van der Waals surface area contributed by atoms with Crippen molar-refractivity contribution in [2.75, 3.05) is 0 Å². The van der Waals surface area contributed by atoms with E-state index in [-0.39, 0.29) is 0 Å². The van der Waals surface area contributed by atoms with Gasteiger partial charge in [-0.15, -0.1) is 0 Å². The van der Waals surface area contributed by atoms with E-state index in [9.17, 15) is 0 Å². The minimum Gasteiger partial charge on any atom is -0.435 e. The first kappa shape index (κ1) is 10.7. The molecule has 3 aromatic rings. The molecule has 18 heavy (non-hydrogen) atoms. The number of aromatic nitrogens is 6. The monoisotopic (exact) mass is 244 g/mol. The van der Waals surface area contributed by atoms with Crippen molar-refractivity contribution in [3.63, 3.8) is 0 Å². The van der Waals surface area contributed by atoms with Crippen LogP contribution in [0.15, 0.2) is 18.7 Å². The number of hydrogen-bond donors (Lipinski definition) is 0. The van der Waals surface area contributed by atoms with Gasteiger partial charge in [0.2, 0.25) is 5.88 Å². The molecule has 0 fully saturated rings. The van der Waals surface area contributed by atoms with Gasteiger partial charge in [-0.1, -0.05) is 0 Å². The summed E-state index contributed by atoms with van der Waals surface area (Å²) in [5.41, 5.74) is 1.80. The van der Waals surface area contributed by atoms with Crippen LogP contribution < -0.4 is 4.74 Å². The second-order valence-electron chi connectivity index (χ2n) is 4.05. The lowest BCUT2D eigenvalue weighted by atomic mass is 10.2. The molecule has 0 aromatic carbocycles. The summed E-state index contributed by atoms with van der Waals surface area (Å²) < 4.78 is 9.08. The van der Waals surface area contributed by atoms with E-state index in [2.05, 4.69) is 20.2 Å². The molecule has 0 aliphatic rings. The number of aryl methyl sites for hydroxylation is 2. The Morgan fingerprint density at radius 3 is 2.78 bits per heavy atom. The average Bonchev–Trinajstić information content (AvgIpc) is 2.93. The predicted molar refractivity (Wildman–Crippen MR) is 63.5 cm³/mol. The molecule has 0 aliphatic carbocycles. The van der Waals surface area contributed by atoms with Gasteiger partial charge in [-0.3, -0.25) is 4.68 Å². The zero-order chi connectivity index (χ0) is 12.7. The van der Waals surface area contributed by atoms with Crippen LogP contribution in [0.3, 0.4) is 0 Å². The second kappa shape index (κ2) is 3.80. The Kier molecular flexibility index (Phi) is 2.26. The van der Waals surface area contributed by atoms with Crippen LogP contribution in [0, 0.1) is 13.8 Å². The Morgan fingerprint density at radius 1 is 1.22 bits per heavy atom. The molecule has 3 rings (SSSR count). The van der Waals surface area contributed by atoms with E-state index in [1.807, 2.05) is 20.9 Å². The topological polar surface area (TPSA) is 70.1 Å². The van der Waals surface area contributed by atoms with Gasteiger partial charge in [-0.25, -0.2) is 4.98 Å². The maximum atomic E-state index is 5.82. The minimum absolute atomic E-state index is 0.525. The summed E-state index contributed by atoms with van der Waals surface area (Å²) >= 11 is 0.